The van der Waals surface area contributed by atoms with Crippen LogP contribution in [0.3, 0.4) is 0 Å². The number of Topliss-reactive ketones (excluding diaryl/α,β-unsaturated/α-hetero) is 1. The Bertz CT molecular complexity index is 403. The minimum atomic E-state index is -4.17. The summed E-state index contributed by atoms with van der Waals surface area (Å²) in [5, 5.41) is 10.1. The van der Waals surface area contributed by atoms with Crippen LogP contribution in [0.4, 0.5) is 0 Å². The molecule has 0 heterocycles. The van der Waals surface area contributed by atoms with E-state index in [1.807, 2.05) is 0 Å². The van der Waals surface area contributed by atoms with Crippen LogP contribution in [-0.4, -0.2) is 45.2 Å². The fourth-order valence-corrected chi connectivity index (χ4v) is 2.55. The molecular weight excluding hydrogens is 383 g/mol. The maximum absolute atomic E-state index is 11.5. The van der Waals surface area contributed by atoms with Crippen molar-refractivity contribution in [3.05, 3.63) is 0 Å². The second-order valence-electron chi connectivity index (χ2n) is 6.02. The van der Waals surface area contributed by atoms with Crippen molar-refractivity contribution in [2.45, 2.75) is 84.5 Å². The van der Waals surface area contributed by atoms with Gasteiger partial charge in [0.15, 0.2) is 0 Å². The van der Waals surface area contributed by atoms with E-state index < -0.39 is 10.4 Å². The molecule has 0 saturated heterocycles. The molecule has 1 N–H and O–H groups in total. The van der Waals surface area contributed by atoms with Crippen LogP contribution < -0.4 is 34.7 Å². The van der Waals surface area contributed by atoms with E-state index in [0.717, 1.165) is 6.42 Å². The average molecular weight is 421 g/mol. The third kappa shape index (κ3) is 34.4. The first-order valence-corrected chi connectivity index (χ1v) is 11.0. The maximum atomic E-state index is 11.5. The van der Waals surface area contributed by atoms with E-state index in [1.54, 1.807) is 0 Å². The van der Waals surface area contributed by atoms with Gasteiger partial charge in [-0.05, 0) is 13.3 Å². The fourth-order valence-electron chi connectivity index (χ4n) is 2.25. The molecule has 0 spiro atoms. The summed E-state index contributed by atoms with van der Waals surface area (Å²) < 4.78 is 35.7. The summed E-state index contributed by atoms with van der Waals surface area (Å²) in [7, 11) is -4.17. The largest absolute Gasteiger partial charge is 1.00 e. The quantitative estimate of drug-likeness (QED) is 0.201. The minimum Gasteiger partial charge on any atom is -0.853 e. The molecule has 0 aromatic rings. The molecule has 0 atom stereocenters. The molecule has 0 aliphatic carbocycles. The molecule has 27 heavy (non-hydrogen) atoms. The van der Waals surface area contributed by atoms with Crippen LogP contribution in [0.1, 0.15) is 84.5 Å². The number of carbonyl (C=O) groups excluding carboxylic acids is 1. The van der Waals surface area contributed by atoms with Crippen molar-refractivity contribution in [3.63, 3.8) is 0 Å². The predicted octanol–water partition coefficient (Wildman–Crippen LogP) is 0.0731. The van der Waals surface area contributed by atoms with Crippen molar-refractivity contribution < 1.29 is 61.3 Å². The first-order valence-electron chi connectivity index (χ1n) is 9.66. The van der Waals surface area contributed by atoms with E-state index in [1.165, 1.54) is 58.3 Å². The molecular formula is C18H37NaO7S. The Balaban J connectivity index is -0.000000612. The van der Waals surface area contributed by atoms with Gasteiger partial charge in [-0.2, -0.15) is 8.42 Å². The number of carbonyl (C=O) groups is 1. The Morgan fingerprint density at radius 3 is 1.81 bits per heavy atom. The predicted molar refractivity (Wildman–Crippen MR) is 100 cm³/mol. The van der Waals surface area contributed by atoms with Gasteiger partial charge >= 0.3 is 40.0 Å². The zero-order chi connectivity index (χ0) is 20.1. The van der Waals surface area contributed by atoms with Gasteiger partial charge in [0, 0.05) is 19.4 Å². The van der Waals surface area contributed by atoms with E-state index in [4.69, 9.17) is 9.29 Å². The molecule has 0 fully saturated rings. The van der Waals surface area contributed by atoms with Crippen molar-refractivity contribution in [2.24, 2.45) is 0 Å². The van der Waals surface area contributed by atoms with Gasteiger partial charge in [-0.3, -0.25) is 9.35 Å². The van der Waals surface area contributed by atoms with Crippen LogP contribution in [0.5, 0.6) is 0 Å². The van der Waals surface area contributed by atoms with Gasteiger partial charge in [-0.25, -0.2) is 4.18 Å². The van der Waals surface area contributed by atoms with E-state index in [2.05, 4.69) is 11.1 Å². The summed E-state index contributed by atoms with van der Waals surface area (Å²) in [6, 6.07) is 0. The third-order valence-corrected chi connectivity index (χ3v) is 4.11. The Kier molecular flexibility index (Phi) is 29.2. The number of unbranched alkanes of at least 4 members (excludes halogenated alkanes) is 8. The summed E-state index contributed by atoms with van der Waals surface area (Å²) >= 11 is 0. The van der Waals surface area contributed by atoms with Gasteiger partial charge in [-0.15, -0.1) is 6.61 Å². The van der Waals surface area contributed by atoms with Crippen molar-refractivity contribution in [1.82, 2.24) is 0 Å². The fraction of sp³-hybridized carbons (Fsp3) is 0.944. The van der Waals surface area contributed by atoms with Gasteiger partial charge in [-0.1, -0.05) is 58.3 Å². The van der Waals surface area contributed by atoms with Gasteiger partial charge in [0.25, 0.3) is 0 Å². The molecule has 0 bridgehead atoms. The molecule has 0 aromatic carbocycles. The van der Waals surface area contributed by atoms with Gasteiger partial charge in [0.1, 0.15) is 5.78 Å². The zero-order valence-electron chi connectivity index (χ0n) is 17.4. The van der Waals surface area contributed by atoms with E-state index in [-0.39, 0.29) is 55.2 Å². The molecule has 158 valence electrons. The Labute approximate surface area is 187 Å². The summed E-state index contributed by atoms with van der Waals surface area (Å²) in [6.07, 6.45) is 12.6. The average Bonchev–Trinajstić information content (AvgIpc) is 2.57. The summed E-state index contributed by atoms with van der Waals surface area (Å²) in [5.41, 5.74) is 0. The normalized spacial score (nSPS) is 10.7. The van der Waals surface area contributed by atoms with Crippen LogP contribution in [0.2, 0.25) is 0 Å². The van der Waals surface area contributed by atoms with Crippen LogP contribution in [0.15, 0.2) is 0 Å². The van der Waals surface area contributed by atoms with Gasteiger partial charge in [0.2, 0.25) is 0 Å². The monoisotopic (exact) mass is 420 g/mol. The molecule has 0 unspecified atom stereocenters. The molecule has 9 heteroatoms. The minimum absolute atomic E-state index is 0. The topological polar surface area (TPSA) is 113 Å². The number of hydrogen-bond acceptors (Lipinski definition) is 6. The molecule has 0 aliphatic heterocycles. The maximum Gasteiger partial charge on any atom is 1.00 e. The summed E-state index contributed by atoms with van der Waals surface area (Å²) in [5.74, 6) is 0.272. The molecule has 0 rings (SSSR count). The van der Waals surface area contributed by atoms with Crippen LogP contribution >= 0.6 is 0 Å². The first kappa shape index (κ1) is 32.1. The number of hydrogen-bond donors (Lipinski definition) is 1. The summed E-state index contributed by atoms with van der Waals surface area (Å²) in [6.45, 7) is 4.10. The number of ketones is 1. The van der Waals surface area contributed by atoms with Crippen LogP contribution in [0.25, 0.3) is 0 Å². The first-order chi connectivity index (χ1) is 12.4. The van der Waals surface area contributed by atoms with Crippen molar-refractivity contribution in [1.29, 1.82) is 0 Å². The van der Waals surface area contributed by atoms with E-state index >= 15 is 0 Å². The Hall–Kier alpha value is 0.460. The van der Waals surface area contributed by atoms with Crippen molar-refractivity contribution in [3.8, 4) is 0 Å². The Morgan fingerprint density at radius 1 is 0.889 bits per heavy atom. The standard InChI is InChI=1S/C16H31O3.C2H6O4S.Na/c1-2-3-4-5-6-7-8-9-10-11-16(18)12-14-19-15-13-17;1-2-6-7(3,4)5;/h2-15H2,1H3;2H2,1H3,(H,3,4,5);/q-1;;+1. The second-order valence-corrected chi connectivity index (χ2v) is 7.11. The zero-order valence-corrected chi connectivity index (χ0v) is 20.2. The summed E-state index contributed by atoms with van der Waals surface area (Å²) in [4.78, 5) is 11.5. The molecule has 0 saturated carbocycles. The van der Waals surface area contributed by atoms with Gasteiger partial charge < -0.3 is 9.84 Å². The Morgan fingerprint density at radius 2 is 1.41 bits per heavy atom. The molecule has 0 amide bonds. The molecule has 0 radical (unpaired) electrons. The SMILES string of the molecule is CCCCCCCCCCCC(=O)CCOCC[O-].CCOS(=O)(=O)O.[Na+]. The number of ether oxygens (including phenoxy) is 1. The van der Waals surface area contributed by atoms with Crippen molar-refractivity contribution >= 4 is 16.2 Å². The smallest absolute Gasteiger partial charge is 0.853 e. The van der Waals surface area contributed by atoms with E-state index in [9.17, 15) is 18.3 Å². The number of rotatable bonds is 17. The van der Waals surface area contributed by atoms with Crippen LogP contribution in [-0.2, 0) is 24.1 Å². The second kappa shape index (κ2) is 24.5. The molecule has 7 nitrogen and oxygen atoms in total. The molecule has 0 aliphatic rings. The third-order valence-electron chi connectivity index (χ3n) is 3.58. The van der Waals surface area contributed by atoms with Crippen molar-refractivity contribution in [2.75, 3.05) is 26.4 Å². The van der Waals surface area contributed by atoms with Gasteiger partial charge in [0.05, 0.1) is 13.2 Å². The van der Waals surface area contributed by atoms with E-state index in [0.29, 0.717) is 19.4 Å². The van der Waals surface area contributed by atoms with Crippen LogP contribution in [0, 0.1) is 0 Å². The molecule has 0 aromatic heterocycles.